The highest BCUT2D eigenvalue weighted by molar-refractivity contribution is 7.87. The third-order valence-electron chi connectivity index (χ3n) is 2.62. The van der Waals surface area contributed by atoms with E-state index in [2.05, 4.69) is 0 Å². The average Bonchev–Trinajstić information content (AvgIpc) is 2.79. The Bertz CT molecular complexity index is 957. The van der Waals surface area contributed by atoms with Gasteiger partial charge in [0.15, 0.2) is 11.3 Å². The number of halogens is 1. The van der Waals surface area contributed by atoms with Crippen LogP contribution >= 0.6 is 22.9 Å². The molecule has 0 atom stereocenters. The lowest BCUT2D eigenvalue weighted by molar-refractivity contribution is 0.485. The van der Waals surface area contributed by atoms with Crippen LogP contribution in [0.25, 0.3) is 10.3 Å². The molecule has 0 aliphatic carbocycles. The number of hydrogen-bond acceptors (Lipinski definition) is 6. The highest BCUT2D eigenvalue weighted by Gasteiger charge is 2.19. The summed E-state index contributed by atoms with van der Waals surface area (Å²) in [6, 6.07) is 10.4. The maximum absolute atomic E-state index is 12.1. The lowest BCUT2D eigenvalue weighted by atomic mass is 10.3. The zero-order chi connectivity index (χ0) is 15.0. The molecule has 0 amide bonds. The minimum atomic E-state index is -4.00. The molecule has 5 nitrogen and oxygen atoms in total. The Balaban J connectivity index is 2.05. The van der Waals surface area contributed by atoms with Gasteiger partial charge in [0.2, 0.25) is 0 Å². The molecule has 0 saturated heterocycles. The highest BCUT2D eigenvalue weighted by atomic mass is 35.5. The SMILES string of the molecule is O=c1oc2cc(OS(=O)(=O)c3ccccc3)c(Cl)cc2s1. The zero-order valence-electron chi connectivity index (χ0n) is 10.3. The Kier molecular flexibility index (Phi) is 3.48. The van der Waals surface area contributed by atoms with Gasteiger partial charge in [-0.2, -0.15) is 8.42 Å². The minimum absolute atomic E-state index is 0.00735. The van der Waals surface area contributed by atoms with Crippen molar-refractivity contribution in [3.05, 3.63) is 57.2 Å². The molecule has 0 radical (unpaired) electrons. The summed E-state index contributed by atoms with van der Waals surface area (Å²) in [4.78, 5) is 10.7. The van der Waals surface area contributed by atoms with E-state index in [0.717, 1.165) is 11.3 Å². The van der Waals surface area contributed by atoms with Crippen molar-refractivity contribution in [1.29, 1.82) is 0 Å². The molecular weight excluding hydrogens is 336 g/mol. The largest absolute Gasteiger partial charge is 0.414 e. The van der Waals surface area contributed by atoms with Gasteiger partial charge in [-0.15, -0.1) is 0 Å². The van der Waals surface area contributed by atoms with E-state index in [1.807, 2.05) is 0 Å². The van der Waals surface area contributed by atoms with Crippen molar-refractivity contribution in [2.75, 3.05) is 0 Å². The minimum Gasteiger partial charge on any atom is -0.414 e. The Labute approximate surface area is 128 Å². The Morgan fingerprint density at radius 1 is 1.14 bits per heavy atom. The molecule has 3 aromatic rings. The molecular formula is C13H7ClO5S2. The fourth-order valence-electron chi connectivity index (χ4n) is 1.69. The second kappa shape index (κ2) is 5.18. The third-order valence-corrected chi connectivity index (χ3v) is 4.95. The van der Waals surface area contributed by atoms with Crippen LogP contribution in [0.2, 0.25) is 5.02 Å². The van der Waals surface area contributed by atoms with Gasteiger partial charge >= 0.3 is 15.1 Å². The van der Waals surface area contributed by atoms with Crippen LogP contribution in [-0.4, -0.2) is 8.42 Å². The van der Waals surface area contributed by atoms with E-state index in [0.29, 0.717) is 4.70 Å². The molecule has 3 rings (SSSR count). The molecule has 8 heteroatoms. The van der Waals surface area contributed by atoms with Crippen LogP contribution in [0, 0.1) is 0 Å². The predicted molar refractivity (Wildman–Crippen MR) is 79.6 cm³/mol. The van der Waals surface area contributed by atoms with Crippen molar-refractivity contribution in [2.24, 2.45) is 0 Å². The van der Waals surface area contributed by atoms with Crippen LogP contribution in [0.1, 0.15) is 0 Å². The van der Waals surface area contributed by atoms with Gasteiger partial charge in [-0.05, 0) is 18.2 Å². The van der Waals surface area contributed by atoms with Gasteiger partial charge in [0.1, 0.15) is 4.90 Å². The van der Waals surface area contributed by atoms with Crippen molar-refractivity contribution in [3.63, 3.8) is 0 Å². The summed E-state index contributed by atoms with van der Waals surface area (Å²) in [5.41, 5.74) is 0.229. The molecule has 0 saturated carbocycles. The first-order chi connectivity index (χ1) is 9.95. The van der Waals surface area contributed by atoms with Crippen LogP contribution in [0.5, 0.6) is 5.75 Å². The summed E-state index contributed by atoms with van der Waals surface area (Å²) in [5, 5.41) is 0.0825. The van der Waals surface area contributed by atoms with E-state index in [-0.39, 0.29) is 21.3 Å². The first-order valence-corrected chi connectivity index (χ1v) is 8.29. The molecule has 1 heterocycles. The number of rotatable bonds is 3. The Morgan fingerprint density at radius 3 is 2.57 bits per heavy atom. The molecule has 0 unspecified atom stereocenters. The van der Waals surface area contributed by atoms with Crippen molar-refractivity contribution in [3.8, 4) is 5.75 Å². The molecule has 0 aliphatic heterocycles. The van der Waals surface area contributed by atoms with E-state index >= 15 is 0 Å². The van der Waals surface area contributed by atoms with Gasteiger partial charge in [0, 0.05) is 6.07 Å². The van der Waals surface area contributed by atoms with Gasteiger partial charge in [0.05, 0.1) is 9.72 Å². The summed E-state index contributed by atoms with van der Waals surface area (Å²) in [6.45, 7) is 0. The third kappa shape index (κ3) is 2.80. The second-order valence-electron chi connectivity index (χ2n) is 4.03. The Hall–Kier alpha value is -1.83. The van der Waals surface area contributed by atoms with E-state index < -0.39 is 15.1 Å². The summed E-state index contributed by atoms with van der Waals surface area (Å²) < 4.78 is 34.7. The molecule has 2 aromatic carbocycles. The highest BCUT2D eigenvalue weighted by Crippen LogP contribution is 2.33. The van der Waals surface area contributed by atoms with Crippen molar-refractivity contribution >= 4 is 43.3 Å². The van der Waals surface area contributed by atoms with Crippen LogP contribution in [0.3, 0.4) is 0 Å². The number of benzene rings is 2. The van der Waals surface area contributed by atoms with Crippen LogP contribution in [0.4, 0.5) is 0 Å². The first kappa shape index (κ1) is 14.1. The smallest absolute Gasteiger partial charge is 0.396 e. The average molecular weight is 343 g/mol. The number of hydrogen-bond donors (Lipinski definition) is 0. The van der Waals surface area contributed by atoms with Crippen molar-refractivity contribution < 1.29 is 17.0 Å². The fourth-order valence-corrected chi connectivity index (χ4v) is 3.66. The molecule has 0 N–H and O–H groups in total. The molecule has 0 bridgehead atoms. The second-order valence-corrected chi connectivity index (χ2v) is 6.96. The quantitative estimate of drug-likeness (QED) is 0.683. The normalized spacial score (nSPS) is 11.7. The Morgan fingerprint density at radius 2 is 1.86 bits per heavy atom. The zero-order valence-corrected chi connectivity index (χ0v) is 12.7. The molecule has 108 valence electrons. The molecule has 0 spiro atoms. The van der Waals surface area contributed by atoms with E-state index in [9.17, 15) is 13.2 Å². The summed E-state index contributed by atoms with van der Waals surface area (Å²) in [7, 11) is -4.00. The van der Waals surface area contributed by atoms with Crippen LogP contribution in [-0.2, 0) is 10.1 Å². The van der Waals surface area contributed by atoms with Gasteiger partial charge < -0.3 is 8.60 Å². The van der Waals surface area contributed by atoms with Gasteiger partial charge in [-0.1, -0.05) is 41.1 Å². The molecule has 0 aliphatic rings. The van der Waals surface area contributed by atoms with Crippen LogP contribution in [0.15, 0.2) is 56.6 Å². The van der Waals surface area contributed by atoms with Crippen LogP contribution < -0.4 is 9.12 Å². The maximum Gasteiger partial charge on any atom is 0.396 e. The molecule has 0 fully saturated rings. The van der Waals surface area contributed by atoms with Gasteiger partial charge in [-0.25, -0.2) is 4.79 Å². The predicted octanol–water partition coefficient (Wildman–Crippen LogP) is 3.28. The van der Waals surface area contributed by atoms with Gasteiger partial charge in [-0.3, -0.25) is 0 Å². The first-order valence-electron chi connectivity index (χ1n) is 5.68. The van der Waals surface area contributed by atoms with E-state index in [1.54, 1.807) is 18.2 Å². The summed E-state index contributed by atoms with van der Waals surface area (Å²) in [5.74, 6) is -0.0884. The lowest BCUT2D eigenvalue weighted by Gasteiger charge is -2.08. The summed E-state index contributed by atoms with van der Waals surface area (Å²) >= 11 is 6.86. The number of fused-ring (bicyclic) bond motifs is 1. The van der Waals surface area contributed by atoms with E-state index in [4.69, 9.17) is 20.2 Å². The summed E-state index contributed by atoms with van der Waals surface area (Å²) in [6.07, 6.45) is 0. The maximum atomic E-state index is 12.1. The lowest BCUT2D eigenvalue weighted by Crippen LogP contribution is -2.09. The van der Waals surface area contributed by atoms with Crippen molar-refractivity contribution in [1.82, 2.24) is 0 Å². The molecule has 21 heavy (non-hydrogen) atoms. The standard InChI is InChI=1S/C13H7ClO5S2/c14-9-6-12-11(18-13(15)20-12)7-10(9)19-21(16,17)8-4-2-1-3-5-8/h1-7H. The molecule has 1 aromatic heterocycles. The van der Waals surface area contributed by atoms with Gasteiger partial charge in [0.25, 0.3) is 0 Å². The fraction of sp³-hybridized carbons (Fsp3) is 0. The monoisotopic (exact) mass is 342 g/mol. The van der Waals surface area contributed by atoms with Crippen molar-refractivity contribution in [2.45, 2.75) is 4.90 Å². The van der Waals surface area contributed by atoms with E-state index in [1.165, 1.54) is 24.3 Å². The topological polar surface area (TPSA) is 73.6 Å².